The van der Waals surface area contributed by atoms with E-state index in [1.807, 2.05) is 17.6 Å². The molecule has 21 heavy (non-hydrogen) atoms. The van der Waals surface area contributed by atoms with Gasteiger partial charge >= 0.3 is 6.09 Å². The van der Waals surface area contributed by atoms with Crippen LogP contribution in [0.3, 0.4) is 0 Å². The molecule has 3 rings (SSSR count). The van der Waals surface area contributed by atoms with Gasteiger partial charge in [-0.05, 0) is 24.6 Å². The number of carboxylic acid groups (broad SMARTS) is 1. The van der Waals surface area contributed by atoms with E-state index in [0.717, 1.165) is 22.5 Å². The van der Waals surface area contributed by atoms with Crippen LogP contribution >= 0.6 is 0 Å². The molecule has 0 fully saturated rings. The molecule has 2 aromatic rings. The fourth-order valence-corrected chi connectivity index (χ4v) is 2.73. The summed E-state index contributed by atoms with van der Waals surface area (Å²) in [5, 5.41) is 18.5. The molecule has 1 aliphatic rings. The van der Waals surface area contributed by atoms with Crippen LogP contribution in [-0.4, -0.2) is 32.2 Å². The van der Waals surface area contributed by atoms with Gasteiger partial charge in [-0.3, -0.25) is 4.98 Å². The zero-order valence-electron chi connectivity index (χ0n) is 11.6. The van der Waals surface area contributed by atoms with Gasteiger partial charge in [-0.15, -0.1) is 0 Å². The van der Waals surface area contributed by atoms with Gasteiger partial charge in [0.15, 0.2) is 0 Å². The summed E-state index contributed by atoms with van der Waals surface area (Å²) in [7, 11) is 0. The molecule has 3 heterocycles. The van der Waals surface area contributed by atoms with Crippen LogP contribution in [0.25, 0.3) is 11.3 Å². The molecule has 0 unspecified atom stereocenters. The number of hydrogen-bond donors (Lipinski definition) is 1. The van der Waals surface area contributed by atoms with Crippen LogP contribution in [0.1, 0.15) is 16.8 Å². The van der Waals surface area contributed by atoms with Crippen molar-refractivity contribution >= 4 is 6.09 Å². The van der Waals surface area contributed by atoms with Crippen LogP contribution in [0.15, 0.2) is 24.5 Å². The minimum atomic E-state index is -0.930. The van der Waals surface area contributed by atoms with E-state index in [1.54, 1.807) is 18.5 Å². The fourth-order valence-electron chi connectivity index (χ4n) is 2.73. The standard InChI is InChI=1S/C15H14N4O2/c1-10-2-3-17-8-13(10)14-11(7-16)6-12-9-18(15(20)21)4-5-19(12)14/h2-3,6,8H,4-5,9H2,1H3,(H,20,21). The minimum Gasteiger partial charge on any atom is -0.465 e. The molecule has 6 heteroatoms. The number of amides is 1. The third-order valence-corrected chi connectivity index (χ3v) is 3.81. The molecule has 0 saturated heterocycles. The Balaban J connectivity index is 2.14. The first-order chi connectivity index (χ1) is 10.1. The Hall–Kier alpha value is -2.81. The van der Waals surface area contributed by atoms with Crippen molar-refractivity contribution < 1.29 is 9.90 Å². The predicted molar refractivity (Wildman–Crippen MR) is 75.5 cm³/mol. The number of nitriles is 1. The Bertz CT molecular complexity index is 758. The number of aromatic nitrogens is 2. The van der Waals surface area contributed by atoms with Gasteiger partial charge in [-0.25, -0.2) is 4.79 Å². The highest BCUT2D eigenvalue weighted by atomic mass is 16.4. The average Bonchev–Trinajstić information content (AvgIpc) is 2.85. The number of hydrogen-bond acceptors (Lipinski definition) is 3. The Morgan fingerprint density at radius 3 is 2.95 bits per heavy atom. The lowest BCUT2D eigenvalue weighted by molar-refractivity contribution is 0.133. The largest absolute Gasteiger partial charge is 0.465 e. The van der Waals surface area contributed by atoms with E-state index in [0.29, 0.717) is 25.2 Å². The summed E-state index contributed by atoms with van der Waals surface area (Å²) >= 11 is 0. The maximum Gasteiger partial charge on any atom is 0.407 e. The van der Waals surface area contributed by atoms with Crippen LogP contribution in [0.4, 0.5) is 4.79 Å². The van der Waals surface area contributed by atoms with Crippen LogP contribution in [0, 0.1) is 18.3 Å². The predicted octanol–water partition coefficient (Wildman–Crippen LogP) is 2.22. The monoisotopic (exact) mass is 282 g/mol. The zero-order valence-corrected chi connectivity index (χ0v) is 11.6. The lowest BCUT2D eigenvalue weighted by Crippen LogP contribution is -2.37. The highest BCUT2D eigenvalue weighted by Crippen LogP contribution is 2.31. The van der Waals surface area contributed by atoms with Crippen LogP contribution < -0.4 is 0 Å². The van der Waals surface area contributed by atoms with Crippen molar-refractivity contribution in [2.24, 2.45) is 0 Å². The molecule has 106 valence electrons. The van der Waals surface area contributed by atoms with Gasteiger partial charge < -0.3 is 14.6 Å². The summed E-state index contributed by atoms with van der Waals surface area (Å²) < 4.78 is 2.03. The number of carbonyl (C=O) groups is 1. The molecule has 0 aliphatic carbocycles. The van der Waals surface area contributed by atoms with Crippen molar-refractivity contribution in [3.8, 4) is 17.3 Å². The molecule has 1 N–H and O–H groups in total. The van der Waals surface area contributed by atoms with Gasteiger partial charge in [0.2, 0.25) is 0 Å². The second-order valence-corrected chi connectivity index (χ2v) is 5.06. The quantitative estimate of drug-likeness (QED) is 0.869. The SMILES string of the molecule is Cc1ccncc1-c1c(C#N)cc2n1CCN(C(=O)O)C2. The summed E-state index contributed by atoms with van der Waals surface area (Å²) in [4.78, 5) is 16.6. The Morgan fingerprint density at radius 1 is 1.48 bits per heavy atom. The summed E-state index contributed by atoms with van der Waals surface area (Å²) in [5.41, 5.74) is 4.21. The van der Waals surface area contributed by atoms with Crippen molar-refractivity contribution in [2.75, 3.05) is 6.54 Å². The Morgan fingerprint density at radius 2 is 2.29 bits per heavy atom. The van der Waals surface area contributed by atoms with Crippen molar-refractivity contribution in [3.05, 3.63) is 41.3 Å². The maximum absolute atomic E-state index is 11.1. The zero-order chi connectivity index (χ0) is 15.0. The van der Waals surface area contributed by atoms with Crippen molar-refractivity contribution in [3.63, 3.8) is 0 Å². The molecule has 0 aromatic carbocycles. The third-order valence-electron chi connectivity index (χ3n) is 3.81. The topological polar surface area (TPSA) is 82.2 Å². The summed E-state index contributed by atoms with van der Waals surface area (Å²) in [5.74, 6) is 0. The Kier molecular flexibility index (Phi) is 3.10. The van der Waals surface area contributed by atoms with E-state index in [1.165, 1.54) is 4.90 Å². The van der Waals surface area contributed by atoms with Crippen molar-refractivity contribution in [1.29, 1.82) is 5.26 Å². The molecular weight excluding hydrogens is 268 g/mol. The van der Waals surface area contributed by atoms with E-state index >= 15 is 0 Å². The summed E-state index contributed by atoms with van der Waals surface area (Å²) in [6, 6.07) is 5.89. The smallest absolute Gasteiger partial charge is 0.407 e. The van der Waals surface area contributed by atoms with E-state index < -0.39 is 6.09 Å². The van der Waals surface area contributed by atoms with E-state index in [4.69, 9.17) is 5.11 Å². The molecule has 0 spiro atoms. The molecular formula is C15H14N4O2. The highest BCUT2D eigenvalue weighted by molar-refractivity contribution is 5.71. The van der Waals surface area contributed by atoms with Crippen molar-refractivity contribution in [1.82, 2.24) is 14.5 Å². The number of fused-ring (bicyclic) bond motifs is 1. The van der Waals surface area contributed by atoms with E-state index in [2.05, 4.69) is 11.1 Å². The molecule has 1 aliphatic heterocycles. The van der Waals surface area contributed by atoms with Gasteiger partial charge in [-0.2, -0.15) is 5.26 Å². The maximum atomic E-state index is 11.1. The van der Waals surface area contributed by atoms with Crippen LogP contribution in [0.2, 0.25) is 0 Å². The van der Waals surface area contributed by atoms with Gasteiger partial charge in [0, 0.05) is 36.7 Å². The number of nitrogens with zero attached hydrogens (tertiary/aromatic N) is 4. The molecule has 1 amide bonds. The normalized spacial score (nSPS) is 13.6. The molecule has 0 bridgehead atoms. The second-order valence-electron chi connectivity index (χ2n) is 5.06. The number of rotatable bonds is 1. The minimum absolute atomic E-state index is 0.309. The average molecular weight is 282 g/mol. The molecule has 2 aromatic heterocycles. The highest BCUT2D eigenvalue weighted by Gasteiger charge is 2.25. The fraction of sp³-hybridized carbons (Fsp3) is 0.267. The van der Waals surface area contributed by atoms with Gasteiger partial charge in [0.05, 0.1) is 17.8 Å². The Labute approximate surface area is 121 Å². The van der Waals surface area contributed by atoms with Crippen LogP contribution in [0.5, 0.6) is 0 Å². The van der Waals surface area contributed by atoms with Gasteiger partial charge in [-0.1, -0.05) is 0 Å². The molecule has 0 atom stereocenters. The van der Waals surface area contributed by atoms with E-state index in [9.17, 15) is 10.1 Å². The lowest BCUT2D eigenvalue weighted by atomic mass is 10.1. The van der Waals surface area contributed by atoms with Crippen molar-refractivity contribution in [2.45, 2.75) is 20.0 Å². The lowest BCUT2D eigenvalue weighted by Gasteiger charge is -2.27. The first-order valence-electron chi connectivity index (χ1n) is 6.63. The van der Waals surface area contributed by atoms with Crippen LogP contribution in [-0.2, 0) is 13.1 Å². The molecule has 6 nitrogen and oxygen atoms in total. The molecule has 0 saturated carbocycles. The first-order valence-corrected chi connectivity index (χ1v) is 6.63. The van der Waals surface area contributed by atoms with Gasteiger partial charge in [0.1, 0.15) is 6.07 Å². The summed E-state index contributed by atoms with van der Waals surface area (Å²) in [6.07, 6.45) is 2.54. The second kappa shape index (κ2) is 4.94. The third kappa shape index (κ3) is 2.13. The number of pyridine rings is 1. The first kappa shape index (κ1) is 13.2. The number of aryl methyl sites for hydroxylation is 1. The summed E-state index contributed by atoms with van der Waals surface area (Å²) in [6.45, 7) is 3.26. The molecule has 0 radical (unpaired) electrons. The van der Waals surface area contributed by atoms with E-state index in [-0.39, 0.29) is 0 Å². The van der Waals surface area contributed by atoms with Gasteiger partial charge in [0.25, 0.3) is 0 Å².